The van der Waals surface area contributed by atoms with Gasteiger partial charge in [-0.3, -0.25) is 14.5 Å². The maximum absolute atomic E-state index is 12.9. The molecule has 0 saturated carbocycles. The van der Waals surface area contributed by atoms with Crippen molar-refractivity contribution in [3.05, 3.63) is 57.1 Å². The highest BCUT2D eigenvalue weighted by Gasteiger charge is 2.38. The highest BCUT2D eigenvalue weighted by atomic mass is 79.9. The van der Waals surface area contributed by atoms with E-state index in [4.69, 9.17) is 4.74 Å². The van der Waals surface area contributed by atoms with Gasteiger partial charge in [0.25, 0.3) is 11.8 Å². The van der Waals surface area contributed by atoms with Gasteiger partial charge in [-0.25, -0.2) is 0 Å². The van der Waals surface area contributed by atoms with E-state index in [0.29, 0.717) is 17.2 Å². The first-order valence-corrected chi connectivity index (χ1v) is 14.4. The predicted molar refractivity (Wildman–Crippen MR) is 159 cm³/mol. The number of phenolic OH excluding ortho intramolecular Hbond substituents is 1. The molecule has 2 aliphatic rings. The first-order chi connectivity index (χ1) is 20.0. The molecule has 3 aromatic rings. The zero-order valence-electron chi connectivity index (χ0n) is 23.3. The van der Waals surface area contributed by atoms with Gasteiger partial charge in [-0.2, -0.15) is 5.26 Å². The number of imide groups is 1. The number of benzene rings is 3. The topological polar surface area (TPSA) is 159 Å². The van der Waals surface area contributed by atoms with Crippen LogP contribution in [0.1, 0.15) is 52.6 Å². The van der Waals surface area contributed by atoms with Crippen LogP contribution in [-0.4, -0.2) is 76.6 Å². The minimum absolute atomic E-state index is 0.0407. The predicted octanol–water partition coefficient (Wildman–Crippen LogP) is 4.72. The van der Waals surface area contributed by atoms with Gasteiger partial charge >= 0.3 is 0 Å². The number of aliphatic hydroxyl groups excluding tert-OH is 2. The van der Waals surface area contributed by atoms with E-state index in [1.54, 1.807) is 19.1 Å². The maximum Gasteiger partial charge on any atom is 0.262 e. The van der Waals surface area contributed by atoms with Crippen molar-refractivity contribution < 1.29 is 29.6 Å². The smallest absolute Gasteiger partial charge is 0.262 e. The third kappa shape index (κ3) is 5.25. The van der Waals surface area contributed by atoms with Crippen LogP contribution in [0.4, 0.5) is 17.1 Å². The van der Waals surface area contributed by atoms with Crippen LogP contribution in [0, 0.1) is 11.3 Å². The first kappa shape index (κ1) is 29.6. The van der Waals surface area contributed by atoms with E-state index < -0.39 is 24.0 Å². The fraction of sp³-hybridized carbons (Fsp3) is 0.367. The zero-order chi connectivity index (χ0) is 30.3. The summed E-state index contributed by atoms with van der Waals surface area (Å²) in [6, 6.07) is 10.1. The monoisotopic (exact) mass is 635 g/mol. The molecule has 2 amide bonds. The van der Waals surface area contributed by atoms with Gasteiger partial charge in [0.15, 0.2) is 0 Å². The van der Waals surface area contributed by atoms with Crippen molar-refractivity contribution >= 4 is 55.6 Å². The van der Waals surface area contributed by atoms with E-state index in [1.807, 2.05) is 30.9 Å². The molecule has 42 heavy (non-hydrogen) atoms. The van der Waals surface area contributed by atoms with E-state index >= 15 is 0 Å². The first-order valence-electron chi connectivity index (χ1n) is 13.6. The number of ether oxygens (including phenoxy) is 1. The fourth-order valence-electron chi connectivity index (χ4n) is 5.50. The number of anilines is 1. The number of aliphatic hydroxyl groups is 2. The molecule has 11 nitrogen and oxygen atoms in total. The third-order valence-electron chi connectivity index (χ3n) is 7.29. The van der Waals surface area contributed by atoms with Crippen LogP contribution < -0.4 is 4.90 Å². The molecule has 3 aromatic carbocycles. The second kappa shape index (κ2) is 11.8. The van der Waals surface area contributed by atoms with Crippen molar-refractivity contribution in [3.63, 3.8) is 0 Å². The number of phenols is 1. The van der Waals surface area contributed by atoms with Crippen LogP contribution in [0.15, 0.2) is 45.0 Å². The van der Waals surface area contributed by atoms with Crippen LogP contribution >= 0.6 is 15.9 Å². The summed E-state index contributed by atoms with van der Waals surface area (Å²) in [5.41, 5.74) is 2.15. The van der Waals surface area contributed by atoms with Crippen LogP contribution in [0.5, 0.6) is 5.75 Å². The van der Waals surface area contributed by atoms with Crippen molar-refractivity contribution in [2.24, 2.45) is 10.2 Å². The number of carbonyl (C=O) groups is 2. The van der Waals surface area contributed by atoms with Crippen LogP contribution in [0.2, 0.25) is 0 Å². The number of rotatable bonds is 8. The highest BCUT2D eigenvalue weighted by Crippen LogP contribution is 2.45. The molecule has 3 N–H and O–H groups in total. The van der Waals surface area contributed by atoms with Crippen molar-refractivity contribution in [2.75, 3.05) is 31.1 Å². The maximum atomic E-state index is 12.9. The zero-order valence-corrected chi connectivity index (χ0v) is 24.9. The summed E-state index contributed by atoms with van der Waals surface area (Å²) in [5, 5.41) is 51.9. The van der Waals surface area contributed by atoms with Gasteiger partial charge in [0, 0.05) is 37.1 Å². The Hall–Kier alpha value is -3.89. The molecule has 0 radical (unpaired) electrons. The molecule has 2 aliphatic heterocycles. The SMILES string of the molecule is CCN1C(=O)c2cc(C#N)c(/N=N/c3cc4c(c5cccc(O)c35)N(CC(O)COC(C)C)CC(O)C4)c(Br)c2C1=O. The van der Waals surface area contributed by atoms with Gasteiger partial charge in [0.1, 0.15) is 17.5 Å². The molecule has 0 aliphatic carbocycles. The van der Waals surface area contributed by atoms with E-state index in [-0.39, 0.29) is 70.6 Å². The van der Waals surface area contributed by atoms with Crippen molar-refractivity contribution in [2.45, 2.75) is 45.5 Å². The lowest BCUT2D eigenvalue weighted by Crippen LogP contribution is -2.44. The Kier molecular flexibility index (Phi) is 8.30. The Morgan fingerprint density at radius 1 is 1.21 bits per heavy atom. The summed E-state index contributed by atoms with van der Waals surface area (Å²) in [7, 11) is 0. The number of fused-ring (bicyclic) bond motifs is 4. The Morgan fingerprint density at radius 2 is 1.98 bits per heavy atom. The Balaban J connectivity index is 1.61. The summed E-state index contributed by atoms with van der Waals surface area (Å²) in [6.07, 6.45) is -1.25. The number of amides is 2. The molecule has 0 fully saturated rings. The molecular formula is C30H30BrN5O6. The summed E-state index contributed by atoms with van der Waals surface area (Å²) >= 11 is 3.38. The summed E-state index contributed by atoms with van der Waals surface area (Å²) in [5.74, 6) is -1.02. The van der Waals surface area contributed by atoms with Gasteiger partial charge in [-0.15, -0.1) is 10.2 Å². The molecule has 218 valence electrons. The summed E-state index contributed by atoms with van der Waals surface area (Å²) < 4.78 is 5.75. The molecule has 2 heterocycles. The minimum Gasteiger partial charge on any atom is -0.507 e. The van der Waals surface area contributed by atoms with Gasteiger partial charge in [0.2, 0.25) is 0 Å². The van der Waals surface area contributed by atoms with Crippen molar-refractivity contribution in [1.29, 1.82) is 5.26 Å². The molecule has 12 heteroatoms. The average molecular weight is 637 g/mol. The lowest BCUT2D eigenvalue weighted by atomic mass is 9.93. The number of aromatic hydroxyl groups is 1. The second-order valence-corrected chi connectivity index (χ2v) is 11.4. The Morgan fingerprint density at radius 3 is 2.67 bits per heavy atom. The third-order valence-corrected chi connectivity index (χ3v) is 8.07. The fourth-order valence-corrected chi connectivity index (χ4v) is 6.17. The van der Waals surface area contributed by atoms with Gasteiger partial charge in [-0.05, 0) is 60.5 Å². The standard InChI is InChI=1S/C30H30BrN5O6/c1-4-36-29(40)21-9-17(11-32)27(26(31)25(21)30(36)41)34-33-22-10-16-8-18(37)12-35(13-19(38)14-42-15(2)3)28(16)20-6-5-7-23(39)24(20)22/h5-7,9-10,15,18-19,37-39H,4,8,12-14H2,1-3H3/b34-33+. The largest absolute Gasteiger partial charge is 0.507 e. The minimum atomic E-state index is -0.808. The lowest BCUT2D eigenvalue weighted by Gasteiger charge is -2.36. The van der Waals surface area contributed by atoms with Crippen LogP contribution in [0.25, 0.3) is 10.8 Å². The van der Waals surface area contributed by atoms with Gasteiger partial charge in [-0.1, -0.05) is 12.1 Å². The van der Waals surface area contributed by atoms with Gasteiger partial charge < -0.3 is 25.0 Å². The summed E-state index contributed by atoms with van der Waals surface area (Å²) in [6.45, 7) is 6.27. The normalized spacial score (nSPS) is 17.3. The Labute approximate surface area is 250 Å². The number of hydrogen-bond acceptors (Lipinski definition) is 10. The number of hydrogen-bond donors (Lipinski definition) is 3. The van der Waals surface area contributed by atoms with Crippen molar-refractivity contribution in [3.8, 4) is 11.8 Å². The molecule has 2 atom stereocenters. The molecule has 5 rings (SSSR count). The lowest BCUT2D eigenvalue weighted by molar-refractivity contribution is 0.00804. The summed E-state index contributed by atoms with van der Waals surface area (Å²) in [4.78, 5) is 28.6. The highest BCUT2D eigenvalue weighted by molar-refractivity contribution is 9.10. The second-order valence-electron chi connectivity index (χ2n) is 10.6. The molecule has 0 bridgehead atoms. The molecule has 2 unspecified atom stereocenters. The van der Waals surface area contributed by atoms with E-state index in [1.165, 1.54) is 12.1 Å². The number of azo groups is 1. The van der Waals surface area contributed by atoms with Crippen LogP contribution in [0.3, 0.4) is 0 Å². The van der Waals surface area contributed by atoms with Crippen LogP contribution in [-0.2, 0) is 11.2 Å². The number of nitrogens with zero attached hydrogens (tertiary/aromatic N) is 5. The average Bonchev–Trinajstić information content (AvgIpc) is 3.19. The number of carbonyl (C=O) groups excluding carboxylic acids is 2. The number of nitriles is 1. The van der Waals surface area contributed by atoms with Crippen molar-refractivity contribution in [1.82, 2.24) is 4.90 Å². The quantitative estimate of drug-likeness (QED) is 0.237. The van der Waals surface area contributed by atoms with E-state index in [9.17, 15) is 30.2 Å². The Bertz CT molecular complexity index is 1670. The molecule has 0 saturated heterocycles. The van der Waals surface area contributed by atoms with E-state index in [0.717, 1.165) is 16.2 Å². The van der Waals surface area contributed by atoms with Gasteiger partial charge in [0.05, 0.1) is 57.2 Å². The molecule has 0 spiro atoms. The molecule has 0 aromatic heterocycles. The molecular weight excluding hydrogens is 606 g/mol. The number of halogens is 1. The number of β-amino-alcohol motifs (C(OH)–C–C–N with tert-alkyl or cyclic N) is 2. The van der Waals surface area contributed by atoms with E-state index in [2.05, 4.69) is 26.2 Å².